The monoisotopic (exact) mass is 318 g/mol. The molecule has 0 saturated carbocycles. The van der Waals surface area contributed by atoms with Crippen LogP contribution in [0.5, 0.6) is 11.7 Å². The van der Waals surface area contributed by atoms with Crippen LogP contribution < -0.4 is 4.74 Å². The molecule has 1 aliphatic rings. The van der Waals surface area contributed by atoms with Gasteiger partial charge in [-0.05, 0) is 24.3 Å². The fourth-order valence-corrected chi connectivity index (χ4v) is 2.49. The molecule has 0 atom stereocenters. The Morgan fingerprint density at radius 3 is 2.71 bits per heavy atom. The Balaban J connectivity index is 1.54. The van der Waals surface area contributed by atoms with Gasteiger partial charge in [0.15, 0.2) is 6.61 Å². The fourth-order valence-electron chi connectivity index (χ4n) is 2.49. The van der Waals surface area contributed by atoms with Gasteiger partial charge in [0.25, 0.3) is 0 Å². The topological polar surface area (TPSA) is 67.9 Å². The molecule has 2 heterocycles. The maximum Gasteiger partial charge on any atom is 0.310 e. The normalized spacial score (nSPS) is 14.1. The summed E-state index contributed by atoms with van der Waals surface area (Å²) < 4.78 is 10.8. The van der Waals surface area contributed by atoms with E-state index in [9.17, 15) is 5.11 Å². The van der Waals surface area contributed by atoms with Gasteiger partial charge in [0, 0.05) is 17.4 Å². The molecule has 3 aromatic rings. The summed E-state index contributed by atoms with van der Waals surface area (Å²) in [5.41, 5.74) is 3.14. The van der Waals surface area contributed by atoms with Crippen molar-refractivity contribution in [1.82, 2.24) is 4.98 Å². The summed E-state index contributed by atoms with van der Waals surface area (Å²) in [5, 5.41) is 9.96. The number of aromatic hydroxyl groups is 1. The smallest absolute Gasteiger partial charge is 0.310 e. The van der Waals surface area contributed by atoms with Crippen molar-refractivity contribution in [3.8, 4) is 11.7 Å². The van der Waals surface area contributed by atoms with E-state index in [2.05, 4.69) is 9.98 Å². The van der Waals surface area contributed by atoms with Crippen molar-refractivity contribution in [2.24, 2.45) is 4.99 Å². The molecular weight excluding hydrogens is 304 g/mol. The Hall–Kier alpha value is -3.34. The zero-order chi connectivity index (χ0) is 16.4. The standard InChI is InChI=1S/C19H14N2O3/c22-19-17(10-13-11-20-16-9-5-4-8-15(13)16)21-18(24-19)12-23-14-6-2-1-3-7-14/h1-11,22H,12H2/b13-10+. The molecule has 0 fully saturated rings. The first-order valence-electron chi connectivity index (χ1n) is 7.51. The van der Waals surface area contributed by atoms with Gasteiger partial charge in [0.2, 0.25) is 5.89 Å². The molecule has 5 nitrogen and oxygen atoms in total. The van der Waals surface area contributed by atoms with Gasteiger partial charge in [0.1, 0.15) is 11.4 Å². The van der Waals surface area contributed by atoms with E-state index in [0.29, 0.717) is 17.3 Å². The predicted molar refractivity (Wildman–Crippen MR) is 91.4 cm³/mol. The van der Waals surface area contributed by atoms with Crippen molar-refractivity contribution in [3.05, 3.63) is 71.7 Å². The van der Waals surface area contributed by atoms with Crippen molar-refractivity contribution in [2.75, 3.05) is 0 Å². The lowest BCUT2D eigenvalue weighted by atomic mass is 10.1. The van der Waals surface area contributed by atoms with Crippen LogP contribution in [0.3, 0.4) is 0 Å². The van der Waals surface area contributed by atoms with Crippen molar-refractivity contribution in [3.63, 3.8) is 0 Å². The third-order valence-corrected chi connectivity index (χ3v) is 3.63. The number of hydrogen-bond donors (Lipinski definition) is 1. The molecule has 0 bridgehead atoms. The summed E-state index contributed by atoms with van der Waals surface area (Å²) >= 11 is 0. The van der Waals surface area contributed by atoms with E-state index in [0.717, 1.165) is 16.8 Å². The van der Waals surface area contributed by atoms with Crippen molar-refractivity contribution in [1.29, 1.82) is 0 Å². The highest BCUT2D eigenvalue weighted by molar-refractivity contribution is 6.21. The lowest BCUT2D eigenvalue weighted by Crippen LogP contribution is -1.95. The second-order valence-corrected chi connectivity index (χ2v) is 5.27. The van der Waals surface area contributed by atoms with Crippen molar-refractivity contribution in [2.45, 2.75) is 6.61 Å². The summed E-state index contributed by atoms with van der Waals surface area (Å²) in [6.45, 7) is 0.144. The number of aliphatic imine (C=N–C) groups is 1. The van der Waals surface area contributed by atoms with Crippen LogP contribution in [0.1, 0.15) is 17.1 Å². The maximum absolute atomic E-state index is 9.96. The minimum atomic E-state index is -0.230. The lowest BCUT2D eigenvalue weighted by molar-refractivity contribution is 0.240. The zero-order valence-corrected chi connectivity index (χ0v) is 12.7. The van der Waals surface area contributed by atoms with Gasteiger partial charge >= 0.3 is 5.95 Å². The fraction of sp³-hybridized carbons (Fsp3) is 0.0526. The molecule has 1 aliphatic heterocycles. The SMILES string of the molecule is Oc1oc(COc2ccccc2)nc1/C=C1\C=Nc2ccccc21. The first kappa shape index (κ1) is 14.3. The Morgan fingerprint density at radius 2 is 1.83 bits per heavy atom. The molecule has 0 unspecified atom stereocenters. The molecule has 1 N–H and O–H groups in total. The Kier molecular flexibility index (Phi) is 3.59. The van der Waals surface area contributed by atoms with Crippen LogP contribution in [-0.4, -0.2) is 16.3 Å². The van der Waals surface area contributed by atoms with E-state index in [-0.39, 0.29) is 12.6 Å². The van der Waals surface area contributed by atoms with Gasteiger partial charge < -0.3 is 14.3 Å². The number of oxazole rings is 1. The molecule has 5 heteroatoms. The average Bonchev–Trinajstić information content (AvgIpc) is 3.18. The summed E-state index contributed by atoms with van der Waals surface area (Å²) in [6.07, 6.45) is 3.50. The number of ether oxygens (including phenoxy) is 1. The quantitative estimate of drug-likeness (QED) is 0.782. The minimum absolute atomic E-state index is 0.144. The van der Waals surface area contributed by atoms with Crippen LogP contribution in [0.2, 0.25) is 0 Å². The van der Waals surface area contributed by atoms with Crippen molar-refractivity contribution >= 4 is 23.6 Å². The van der Waals surface area contributed by atoms with Crippen LogP contribution in [0, 0.1) is 0 Å². The summed E-state index contributed by atoms with van der Waals surface area (Å²) in [5.74, 6) is 0.797. The minimum Gasteiger partial charge on any atom is -0.484 e. The molecule has 4 rings (SSSR count). The zero-order valence-electron chi connectivity index (χ0n) is 12.7. The maximum atomic E-state index is 9.96. The highest BCUT2D eigenvalue weighted by Gasteiger charge is 2.15. The second kappa shape index (κ2) is 6.04. The number of allylic oxidation sites excluding steroid dienone is 1. The third-order valence-electron chi connectivity index (χ3n) is 3.63. The second-order valence-electron chi connectivity index (χ2n) is 5.27. The van der Waals surface area contributed by atoms with E-state index in [1.54, 1.807) is 12.3 Å². The molecule has 0 spiro atoms. The summed E-state index contributed by atoms with van der Waals surface area (Å²) in [6, 6.07) is 17.2. The number of para-hydroxylation sites is 2. The molecular formula is C19H14N2O3. The molecule has 0 saturated heterocycles. The van der Waals surface area contributed by atoms with Crippen molar-refractivity contribution < 1.29 is 14.3 Å². The first-order chi connectivity index (χ1) is 11.8. The van der Waals surface area contributed by atoms with Crippen LogP contribution in [0.25, 0.3) is 11.6 Å². The van der Waals surface area contributed by atoms with E-state index in [1.807, 2.05) is 54.6 Å². The van der Waals surface area contributed by atoms with Crippen LogP contribution in [-0.2, 0) is 6.61 Å². The van der Waals surface area contributed by atoms with Gasteiger partial charge in [-0.2, -0.15) is 0 Å². The molecule has 1 aromatic heterocycles. The number of aromatic nitrogens is 1. The van der Waals surface area contributed by atoms with Gasteiger partial charge in [-0.25, -0.2) is 4.98 Å². The molecule has 0 amide bonds. The third kappa shape index (κ3) is 2.79. The van der Waals surface area contributed by atoms with Gasteiger partial charge in [-0.1, -0.05) is 36.4 Å². The highest BCUT2D eigenvalue weighted by atomic mass is 16.5. The largest absolute Gasteiger partial charge is 0.484 e. The Labute approximate surface area is 138 Å². The number of nitrogens with zero attached hydrogens (tertiary/aromatic N) is 2. The highest BCUT2D eigenvalue weighted by Crippen LogP contribution is 2.33. The summed E-state index contributed by atoms with van der Waals surface area (Å²) in [4.78, 5) is 8.61. The molecule has 0 radical (unpaired) electrons. The molecule has 24 heavy (non-hydrogen) atoms. The molecule has 0 aliphatic carbocycles. The number of rotatable bonds is 4. The lowest BCUT2D eigenvalue weighted by Gasteiger charge is -2.01. The van der Waals surface area contributed by atoms with Crippen LogP contribution >= 0.6 is 0 Å². The van der Waals surface area contributed by atoms with Crippen LogP contribution in [0.15, 0.2) is 64.0 Å². The molecule has 118 valence electrons. The molecule has 2 aromatic carbocycles. The number of benzene rings is 2. The average molecular weight is 318 g/mol. The Morgan fingerprint density at radius 1 is 1.04 bits per heavy atom. The van der Waals surface area contributed by atoms with E-state index >= 15 is 0 Å². The van der Waals surface area contributed by atoms with E-state index in [4.69, 9.17) is 9.15 Å². The van der Waals surface area contributed by atoms with E-state index in [1.165, 1.54) is 0 Å². The van der Waals surface area contributed by atoms with Gasteiger partial charge in [0.05, 0.1) is 5.69 Å². The summed E-state index contributed by atoms with van der Waals surface area (Å²) in [7, 11) is 0. The number of hydrogen-bond acceptors (Lipinski definition) is 5. The van der Waals surface area contributed by atoms with E-state index < -0.39 is 0 Å². The first-order valence-corrected chi connectivity index (χ1v) is 7.51. The number of fused-ring (bicyclic) bond motifs is 1. The Bertz CT molecular complexity index is 927. The van der Waals surface area contributed by atoms with Crippen LogP contribution in [0.4, 0.5) is 5.69 Å². The van der Waals surface area contributed by atoms with Gasteiger partial charge in [-0.15, -0.1) is 0 Å². The predicted octanol–water partition coefficient (Wildman–Crippen LogP) is 4.22. The van der Waals surface area contributed by atoms with Gasteiger partial charge in [-0.3, -0.25) is 4.99 Å².